The maximum Gasteiger partial charge on any atom is 0.227 e. The summed E-state index contributed by atoms with van der Waals surface area (Å²) in [5.41, 5.74) is 2.05. The van der Waals surface area contributed by atoms with Gasteiger partial charge >= 0.3 is 0 Å². The van der Waals surface area contributed by atoms with Gasteiger partial charge in [0.15, 0.2) is 0 Å². The molecule has 0 N–H and O–H groups in total. The molecule has 0 spiro atoms. The van der Waals surface area contributed by atoms with Crippen LogP contribution in [0.2, 0.25) is 5.02 Å². The SMILES string of the molecule is CCOc1ccc(-c2cc(N3CCN(C(=O)Cc4c(F)cccc4Cl)CC3)ncn2)cc1. The van der Waals surface area contributed by atoms with Gasteiger partial charge in [-0.15, -0.1) is 0 Å². The number of halogens is 2. The topological polar surface area (TPSA) is 58.6 Å². The summed E-state index contributed by atoms with van der Waals surface area (Å²) in [6.45, 7) is 4.92. The first-order valence-corrected chi connectivity index (χ1v) is 10.9. The highest BCUT2D eigenvalue weighted by molar-refractivity contribution is 6.31. The zero-order valence-corrected chi connectivity index (χ0v) is 18.6. The van der Waals surface area contributed by atoms with Gasteiger partial charge in [-0.05, 0) is 43.3 Å². The number of amides is 1. The summed E-state index contributed by atoms with van der Waals surface area (Å²) >= 11 is 6.07. The van der Waals surface area contributed by atoms with E-state index in [1.165, 1.54) is 12.1 Å². The summed E-state index contributed by atoms with van der Waals surface area (Å²) in [7, 11) is 0. The van der Waals surface area contributed by atoms with Crippen molar-refractivity contribution in [3.63, 3.8) is 0 Å². The first-order chi connectivity index (χ1) is 15.5. The molecule has 1 aliphatic heterocycles. The lowest BCUT2D eigenvalue weighted by molar-refractivity contribution is -0.130. The maximum absolute atomic E-state index is 14.0. The van der Waals surface area contributed by atoms with Crippen LogP contribution < -0.4 is 9.64 Å². The minimum absolute atomic E-state index is 0.0408. The monoisotopic (exact) mass is 454 g/mol. The smallest absolute Gasteiger partial charge is 0.227 e. The third kappa shape index (κ3) is 4.99. The van der Waals surface area contributed by atoms with Crippen LogP contribution >= 0.6 is 11.6 Å². The van der Waals surface area contributed by atoms with Crippen LogP contribution in [0.25, 0.3) is 11.3 Å². The van der Waals surface area contributed by atoms with Gasteiger partial charge in [0, 0.05) is 48.4 Å². The van der Waals surface area contributed by atoms with E-state index in [-0.39, 0.29) is 22.9 Å². The molecule has 6 nitrogen and oxygen atoms in total. The molecule has 0 aliphatic carbocycles. The van der Waals surface area contributed by atoms with Crippen molar-refractivity contribution in [2.24, 2.45) is 0 Å². The van der Waals surface area contributed by atoms with Gasteiger partial charge in [-0.25, -0.2) is 14.4 Å². The average molecular weight is 455 g/mol. The van der Waals surface area contributed by atoms with Gasteiger partial charge in [0.25, 0.3) is 0 Å². The van der Waals surface area contributed by atoms with Gasteiger partial charge in [0.05, 0.1) is 18.7 Å². The number of carbonyl (C=O) groups excluding carboxylic acids is 1. The molecular weight excluding hydrogens is 431 g/mol. The fourth-order valence-electron chi connectivity index (χ4n) is 3.72. The first-order valence-electron chi connectivity index (χ1n) is 10.6. The van der Waals surface area contributed by atoms with Crippen molar-refractivity contribution >= 4 is 23.3 Å². The van der Waals surface area contributed by atoms with E-state index in [0.717, 1.165) is 22.8 Å². The second kappa shape index (κ2) is 9.96. The predicted molar refractivity (Wildman–Crippen MR) is 123 cm³/mol. The van der Waals surface area contributed by atoms with Gasteiger partial charge in [0.1, 0.15) is 23.7 Å². The lowest BCUT2D eigenvalue weighted by Gasteiger charge is -2.35. The fraction of sp³-hybridized carbons (Fsp3) is 0.292. The van der Waals surface area contributed by atoms with Crippen LogP contribution in [0, 0.1) is 5.82 Å². The molecule has 0 bridgehead atoms. The van der Waals surface area contributed by atoms with E-state index in [4.69, 9.17) is 16.3 Å². The lowest BCUT2D eigenvalue weighted by atomic mass is 10.1. The number of benzene rings is 2. The molecule has 1 aromatic heterocycles. The van der Waals surface area contributed by atoms with E-state index in [2.05, 4.69) is 14.9 Å². The molecule has 4 rings (SSSR count). The molecule has 2 aromatic carbocycles. The number of carbonyl (C=O) groups is 1. The first kappa shape index (κ1) is 22.0. The van der Waals surface area contributed by atoms with Crippen molar-refractivity contribution in [3.8, 4) is 17.0 Å². The van der Waals surface area contributed by atoms with Crippen LogP contribution in [-0.2, 0) is 11.2 Å². The second-order valence-electron chi connectivity index (χ2n) is 7.46. The predicted octanol–water partition coefficient (Wildman–Crippen LogP) is 4.23. The molecule has 0 atom stereocenters. The molecular formula is C24H24ClFN4O2. The number of hydrogen-bond acceptors (Lipinski definition) is 5. The van der Waals surface area contributed by atoms with Crippen LogP contribution in [0.3, 0.4) is 0 Å². The minimum atomic E-state index is -0.452. The molecule has 3 aromatic rings. The van der Waals surface area contributed by atoms with Crippen molar-refractivity contribution in [2.75, 3.05) is 37.7 Å². The second-order valence-corrected chi connectivity index (χ2v) is 7.87. The number of ether oxygens (including phenoxy) is 1. The molecule has 1 saturated heterocycles. The summed E-state index contributed by atoms with van der Waals surface area (Å²) in [5.74, 6) is 1.05. The fourth-order valence-corrected chi connectivity index (χ4v) is 3.95. The number of piperazine rings is 1. The number of nitrogens with zero attached hydrogens (tertiary/aromatic N) is 4. The van der Waals surface area contributed by atoms with E-state index in [9.17, 15) is 9.18 Å². The summed E-state index contributed by atoms with van der Waals surface area (Å²) < 4.78 is 19.5. The van der Waals surface area contributed by atoms with Crippen molar-refractivity contribution in [2.45, 2.75) is 13.3 Å². The van der Waals surface area contributed by atoms with Gasteiger partial charge in [-0.3, -0.25) is 4.79 Å². The quantitative estimate of drug-likeness (QED) is 0.558. The number of aromatic nitrogens is 2. The Morgan fingerprint density at radius 1 is 1.09 bits per heavy atom. The van der Waals surface area contributed by atoms with E-state index >= 15 is 0 Å². The third-order valence-corrected chi connectivity index (χ3v) is 5.81. The molecule has 0 saturated carbocycles. The highest BCUT2D eigenvalue weighted by atomic mass is 35.5. The van der Waals surface area contributed by atoms with Crippen molar-refractivity contribution in [1.82, 2.24) is 14.9 Å². The van der Waals surface area contributed by atoms with Gasteiger partial charge in [-0.1, -0.05) is 17.7 Å². The number of rotatable bonds is 6. The third-order valence-electron chi connectivity index (χ3n) is 5.46. The minimum Gasteiger partial charge on any atom is -0.494 e. The Kier molecular flexibility index (Phi) is 6.85. The zero-order chi connectivity index (χ0) is 22.5. The number of anilines is 1. The lowest BCUT2D eigenvalue weighted by Crippen LogP contribution is -2.49. The van der Waals surface area contributed by atoms with E-state index < -0.39 is 5.82 Å². The Bertz CT molecular complexity index is 1070. The average Bonchev–Trinajstić information content (AvgIpc) is 2.82. The summed E-state index contributed by atoms with van der Waals surface area (Å²) in [4.78, 5) is 25.4. The zero-order valence-electron chi connectivity index (χ0n) is 17.8. The normalized spacial score (nSPS) is 13.8. The van der Waals surface area contributed by atoms with Crippen molar-refractivity contribution in [3.05, 3.63) is 71.3 Å². The Labute approximate surface area is 191 Å². The molecule has 32 heavy (non-hydrogen) atoms. The van der Waals surface area contributed by atoms with Crippen LogP contribution in [0.1, 0.15) is 12.5 Å². The highest BCUT2D eigenvalue weighted by Gasteiger charge is 2.24. The maximum atomic E-state index is 14.0. The van der Waals surface area contributed by atoms with Crippen LogP contribution in [0.15, 0.2) is 54.9 Å². The summed E-state index contributed by atoms with van der Waals surface area (Å²) in [6.07, 6.45) is 1.51. The Hall–Kier alpha value is -3.19. The van der Waals surface area contributed by atoms with Crippen molar-refractivity contribution < 1.29 is 13.9 Å². The van der Waals surface area contributed by atoms with Crippen LogP contribution in [-0.4, -0.2) is 53.6 Å². The van der Waals surface area contributed by atoms with Crippen LogP contribution in [0.4, 0.5) is 10.2 Å². The van der Waals surface area contributed by atoms with E-state index in [0.29, 0.717) is 32.8 Å². The summed E-state index contributed by atoms with van der Waals surface area (Å²) in [6, 6.07) is 14.2. The molecule has 1 aliphatic rings. The molecule has 0 unspecified atom stereocenters. The number of hydrogen-bond donors (Lipinski definition) is 0. The van der Waals surface area contributed by atoms with Crippen molar-refractivity contribution in [1.29, 1.82) is 0 Å². The Balaban J connectivity index is 1.39. The molecule has 1 amide bonds. The van der Waals surface area contributed by atoms with E-state index in [1.54, 1.807) is 17.3 Å². The largest absolute Gasteiger partial charge is 0.494 e. The van der Waals surface area contributed by atoms with Gasteiger partial charge < -0.3 is 14.5 Å². The summed E-state index contributed by atoms with van der Waals surface area (Å²) in [5, 5.41) is 0.278. The Morgan fingerprint density at radius 3 is 2.53 bits per heavy atom. The molecule has 166 valence electrons. The van der Waals surface area contributed by atoms with Crippen LogP contribution in [0.5, 0.6) is 5.75 Å². The standard InChI is InChI=1S/C24H24ClFN4O2/c1-2-32-18-8-6-17(7-9-18)22-15-23(28-16-27-22)29-10-12-30(13-11-29)24(31)14-19-20(25)4-3-5-21(19)26/h3-9,15-16H,2,10-14H2,1H3. The highest BCUT2D eigenvalue weighted by Crippen LogP contribution is 2.24. The molecule has 0 radical (unpaired) electrons. The molecule has 1 fully saturated rings. The van der Waals surface area contributed by atoms with Gasteiger partial charge in [0.2, 0.25) is 5.91 Å². The van der Waals surface area contributed by atoms with E-state index in [1.807, 2.05) is 37.3 Å². The Morgan fingerprint density at radius 2 is 1.84 bits per heavy atom. The molecule has 8 heteroatoms. The molecule has 2 heterocycles. The van der Waals surface area contributed by atoms with Gasteiger partial charge in [-0.2, -0.15) is 0 Å².